The monoisotopic (exact) mass is 289 g/mol. The Morgan fingerprint density at radius 3 is 2.89 bits per heavy atom. The first-order valence-corrected chi connectivity index (χ1v) is 7.52. The van der Waals surface area contributed by atoms with Crippen LogP contribution in [-0.2, 0) is 21.4 Å². The molecule has 106 valence electrons. The first-order valence-electron chi connectivity index (χ1n) is 6.03. The van der Waals surface area contributed by atoms with Gasteiger partial charge in [0.15, 0.2) is 0 Å². The van der Waals surface area contributed by atoms with Gasteiger partial charge < -0.3 is 9.84 Å². The summed E-state index contributed by atoms with van der Waals surface area (Å²) in [5.74, 6) is -0.624. The Hall–Kier alpha value is -1.02. The number of ether oxygens (including phenoxy) is 1. The van der Waals surface area contributed by atoms with Gasteiger partial charge in [-0.2, -0.15) is 0 Å². The summed E-state index contributed by atoms with van der Waals surface area (Å²) in [5, 5.41) is 8.94. The zero-order valence-electron chi connectivity index (χ0n) is 10.3. The molecule has 5 nitrogen and oxygen atoms in total. The van der Waals surface area contributed by atoms with E-state index >= 15 is 0 Å². The number of hydrogen-bond acceptors (Lipinski definition) is 4. The van der Waals surface area contributed by atoms with Crippen molar-refractivity contribution in [1.29, 1.82) is 0 Å². The minimum Gasteiger partial charge on any atom is -0.392 e. The Morgan fingerprint density at radius 1 is 1.47 bits per heavy atom. The van der Waals surface area contributed by atoms with Gasteiger partial charge in [0, 0.05) is 18.7 Å². The molecule has 0 saturated carbocycles. The second-order valence-electron chi connectivity index (χ2n) is 4.40. The lowest BCUT2D eigenvalue weighted by Gasteiger charge is -2.12. The van der Waals surface area contributed by atoms with Gasteiger partial charge in [-0.15, -0.1) is 0 Å². The van der Waals surface area contributed by atoms with Gasteiger partial charge in [-0.25, -0.2) is 17.5 Å². The molecule has 7 heteroatoms. The van der Waals surface area contributed by atoms with Crippen LogP contribution in [-0.4, -0.2) is 32.8 Å². The molecule has 1 heterocycles. The van der Waals surface area contributed by atoms with Crippen LogP contribution in [0.5, 0.6) is 0 Å². The summed E-state index contributed by atoms with van der Waals surface area (Å²) in [4.78, 5) is -0.0593. The van der Waals surface area contributed by atoms with Crippen molar-refractivity contribution in [2.75, 3.05) is 13.2 Å². The third kappa shape index (κ3) is 3.50. The predicted octanol–water partition coefficient (Wildman–Crippen LogP) is 0.775. The Labute approximate surface area is 111 Å². The first kappa shape index (κ1) is 14.4. The van der Waals surface area contributed by atoms with E-state index in [9.17, 15) is 12.8 Å². The molecule has 0 aromatic heterocycles. The molecular weight excluding hydrogens is 273 g/mol. The number of sulfonamides is 1. The van der Waals surface area contributed by atoms with Crippen LogP contribution in [0, 0.1) is 5.82 Å². The van der Waals surface area contributed by atoms with Gasteiger partial charge in [0.05, 0.1) is 17.6 Å². The number of aliphatic hydroxyl groups is 1. The molecule has 1 aliphatic rings. The summed E-state index contributed by atoms with van der Waals surface area (Å²) in [6.45, 7) is 0.312. The zero-order chi connectivity index (χ0) is 13.9. The molecular formula is C12H16FNO4S. The Balaban J connectivity index is 2.10. The van der Waals surface area contributed by atoms with Gasteiger partial charge in [-0.1, -0.05) is 0 Å². The van der Waals surface area contributed by atoms with Crippen LogP contribution < -0.4 is 4.72 Å². The number of hydrogen-bond donors (Lipinski definition) is 2. The van der Waals surface area contributed by atoms with E-state index in [-0.39, 0.29) is 23.1 Å². The second kappa shape index (κ2) is 5.96. The van der Waals surface area contributed by atoms with Crippen molar-refractivity contribution in [3.05, 3.63) is 29.6 Å². The maximum atomic E-state index is 13.2. The van der Waals surface area contributed by atoms with Crippen molar-refractivity contribution in [2.24, 2.45) is 0 Å². The quantitative estimate of drug-likeness (QED) is 0.840. The fourth-order valence-electron chi connectivity index (χ4n) is 1.93. The molecule has 1 atom stereocenters. The fraction of sp³-hybridized carbons (Fsp3) is 0.500. The van der Waals surface area contributed by atoms with Crippen molar-refractivity contribution in [1.82, 2.24) is 4.72 Å². The average Bonchev–Trinajstić information content (AvgIpc) is 2.90. The predicted molar refractivity (Wildman–Crippen MR) is 66.5 cm³/mol. The maximum Gasteiger partial charge on any atom is 0.240 e. The molecule has 2 rings (SSSR count). The lowest BCUT2D eigenvalue weighted by Crippen LogP contribution is -2.31. The summed E-state index contributed by atoms with van der Waals surface area (Å²) in [5.41, 5.74) is -0.0417. The highest BCUT2D eigenvalue weighted by Gasteiger charge is 2.20. The molecule has 0 radical (unpaired) electrons. The molecule has 0 aliphatic carbocycles. The van der Waals surface area contributed by atoms with E-state index in [0.717, 1.165) is 25.0 Å². The Bertz CT molecular complexity index is 541. The highest BCUT2D eigenvalue weighted by Crippen LogP contribution is 2.16. The van der Waals surface area contributed by atoms with Crippen LogP contribution in [0.2, 0.25) is 0 Å². The molecule has 19 heavy (non-hydrogen) atoms. The Morgan fingerprint density at radius 2 is 2.26 bits per heavy atom. The normalized spacial score (nSPS) is 19.8. The summed E-state index contributed by atoms with van der Waals surface area (Å²) < 4.78 is 44.9. The minimum atomic E-state index is -3.70. The van der Waals surface area contributed by atoms with Crippen LogP contribution in [0.1, 0.15) is 18.4 Å². The van der Waals surface area contributed by atoms with Crippen molar-refractivity contribution < 1.29 is 22.7 Å². The van der Waals surface area contributed by atoms with E-state index in [0.29, 0.717) is 6.61 Å². The van der Waals surface area contributed by atoms with E-state index in [2.05, 4.69) is 4.72 Å². The van der Waals surface area contributed by atoms with Crippen LogP contribution in [0.4, 0.5) is 4.39 Å². The van der Waals surface area contributed by atoms with Gasteiger partial charge in [0.1, 0.15) is 5.82 Å². The standard InChI is InChI=1S/C12H16FNO4S/c13-12-4-3-11(6-9(12)8-15)19(16,17)14-7-10-2-1-5-18-10/h3-4,6,10,14-15H,1-2,5,7-8H2. The number of rotatable bonds is 5. The summed E-state index contributed by atoms with van der Waals surface area (Å²) in [6.07, 6.45) is 1.65. The zero-order valence-corrected chi connectivity index (χ0v) is 11.1. The summed E-state index contributed by atoms with van der Waals surface area (Å²) in [7, 11) is -3.70. The van der Waals surface area contributed by atoms with Crippen LogP contribution in [0.25, 0.3) is 0 Å². The minimum absolute atomic E-state index is 0.0417. The van der Waals surface area contributed by atoms with Gasteiger partial charge in [0.25, 0.3) is 0 Å². The molecule has 0 bridgehead atoms. The molecule has 0 amide bonds. The van der Waals surface area contributed by atoms with Crippen LogP contribution in [0.15, 0.2) is 23.1 Å². The lowest BCUT2D eigenvalue weighted by atomic mass is 10.2. The van der Waals surface area contributed by atoms with Crippen LogP contribution >= 0.6 is 0 Å². The molecule has 1 aliphatic heterocycles. The van der Waals surface area contributed by atoms with Crippen LogP contribution in [0.3, 0.4) is 0 Å². The van der Waals surface area contributed by atoms with E-state index in [1.54, 1.807) is 0 Å². The van der Waals surface area contributed by atoms with Gasteiger partial charge in [-0.3, -0.25) is 0 Å². The topological polar surface area (TPSA) is 75.6 Å². The maximum absolute atomic E-state index is 13.2. The number of nitrogens with one attached hydrogen (secondary N) is 1. The highest BCUT2D eigenvalue weighted by molar-refractivity contribution is 7.89. The molecule has 1 fully saturated rings. The number of aliphatic hydroxyl groups excluding tert-OH is 1. The van der Waals surface area contributed by atoms with E-state index < -0.39 is 22.4 Å². The number of halogens is 1. The second-order valence-corrected chi connectivity index (χ2v) is 6.17. The molecule has 1 saturated heterocycles. The largest absolute Gasteiger partial charge is 0.392 e. The highest BCUT2D eigenvalue weighted by atomic mass is 32.2. The van der Waals surface area contributed by atoms with Gasteiger partial charge in [-0.05, 0) is 31.0 Å². The Kier molecular flexibility index (Phi) is 4.51. The summed E-state index contributed by atoms with van der Waals surface area (Å²) >= 11 is 0. The molecule has 1 aromatic rings. The van der Waals surface area contributed by atoms with E-state index in [1.807, 2.05) is 0 Å². The van der Waals surface area contributed by atoms with Crippen molar-refractivity contribution in [2.45, 2.75) is 30.4 Å². The molecule has 1 unspecified atom stereocenters. The van der Waals surface area contributed by atoms with Crippen molar-refractivity contribution in [3.8, 4) is 0 Å². The van der Waals surface area contributed by atoms with E-state index in [1.165, 1.54) is 6.07 Å². The lowest BCUT2D eigenvalue weighted by molar-refractivity contribution is 0.114. The van der Waals surface area contributed by atoms with Gasteiger partial charge in [0.2, 0.25) is 10.0 Å². The van der Waals surface area contributed by atoms with Gasteiger partial charge >= 0.3 is 0 Å². The smallest absolute Gasteiger partial charge is 0.240 e. The third-order valence-corrected chi connectivity index (χ3v) is 4.44. The fourth-order valence-corrected chi connectivity index (χ4v) is 3.05. The SMILES string of the molecule is O=S(=O)(NCC1CCCO1)c1ccc(F)c(CO)c1. The molecule has 0 spiro atoms. The third-order valence-electron chi connectivity index (χ3n) is 3.02. The van der Waals surface area contributed by atoms with Crippen molar-refractivity contribution >= 4 is 10.0 Å². The average molecular weight is 289 g/mol. The number of benzene rings is 1. The van der Waals surface area contributed by atoms with E-state index in [4.69, 9.17) is 9.84 Å². The molecule has 2 N–H and O–H groups in total. The summed E-state index contributed by atoms with van der Waals surface area (Å²) in [6, 6.07) is 3.34. The van der Waals surface area contributed by atoms with Crippen molar-refractivity contribution in [3.63, 3.8) is 0 Å². The molecule has 1 aromatic carbocycles. The first-order chi connectivity index (χ1) is 9.03.